The third-order valence-corrected chi connectivity index (χ3v) is 1.02. The van der Waals surface area contributed by atoms with Crippen molar-refractivity contribution in [2.75, 3.05) is 0 Å². The fraction of sp³-hybridized carbons (Fsp3) is 0.800. The molecule has 42 valence electrons. The summed E-state index contributed by atoms with van der Waals surface area (Å²) in [5.41, 5.74) is 0. The molecule has 0 radical (unpaired) electrons. The summed E-state index contributed by atoms with van der Waals surface area (Å²) in [4.78, 5) is 10.1. The van der Waals surface area contributed by atoms with Crippen molar-refractivity contribution >= 4 is 4.68 Å². The summed E-state index contributed by atoms with van der Waals surface area (Å²) >= 11 is 2.84. The van der Waals surface area contributed by atoms with Crippen LogP contribution in [0.4, 0.5) is 0 Å². The van der Waals surface area contributed by atoms with Crippen LogP contribution in [-0.2, 0) is 20.8 Å². The Bertz CT molecular complexity index is 61.1. The first-order valence-corrected chi connectivity index (χ1v) is 3.04. The van der Waals surface area contributed by atoms with Gasteiger partial charge in [0.15, 0.2) is 0 Å². The molecule has 0 aromatic carbocycles. The molecular weight excluding hydrogens is 131 g/mol. The molecule has 0 aromatic rings. The first kappa shape index (κ1) is 7.19. The zero-order chi connectivity index (χ0) is 5.70. The van der Waals surface area contributed by atoms with Gasteiger partial charge in [-0.05, 0) is 0 Å². The number of rotatable bonds is 3. The summed E-state index contributed by atoms with van der Waals surface area (Å²) in [5, 5.41) is 0. The molecule has 0 amide bonds. The second-order valence-electron chi connectivity index (χ2n) is 1.46. The van der Waals surface area contributed by atoms with Crippen LogP contribution >= 0.6 is 0 Å². The van der Waals surface area contributed by atoms with Crippen LogP contribution in [0.5, 0.6) is 0 Å². The first-order chi connectivity index (χ1) is 3.27. The van der Waals surface area contributed by atoms with E-state index in [1.54, 1.807) is 0 Å². The predicted molar refractivity (Wildman–Crippen MR) is 24.5 cm³/mol. The van der Waals surface area contributed by atoms with Crippen molar-refractivity contribution < 1.29 is 20.8 Å². The fourth-order valence-electron chi connectivity index (χ4n) is 0.316. The third kappa shape index (κ3) is 6.19. The van der Waals surface area contributed by atoms with Crippen molar-refractivity contribution in [2.45, 2.75) is 26.2 Å². The molecule has 0 aliphatic heterocycles. The Balaban J connectivity index is 2.82. The van der Waals surface area contributed by atoms with E-state index in [0.29, 0.717) is 6.42 Å². The summed E-state index contributed by atoms with van der Waals surface area (Å²) in [6.07, 6.45) is 2.78. The quantitative estimate of drug-likeness (QED) is 0.539. The molecule has 0 bridgehead atoms. The summed E-state index contributed by atoms with van der Waals surface area (Å²) in [5.74, 6) is 0. The number of carbonyl (C=O) groups is 1. The van der Waals surface area contributed by atoms with Crippen molar-refractivity contribution in [1.82, 2.24) is 0 Å². The van der Waals surface area contributed by atoms with Gasteiger partial charge in [0.1, 0.15) is 0 Å². The Morgan fingerprint density at radius 3 is 2.43 bits per heavy atom. The van der Waals surface area contributed by atoms with Gasteiger partial charge in [-0.25, -0.2) is 0 Å². The first-order valence-electron chi connectivity index (χ1n) is 2.45. The van der Waals surface area contributed by atoms with Gasteiger partial charge >= 0.3 is 51.7 Å². The van der Waals surface area contributed by atoms with Crippen LogP contribution in [0.3, 0.4) is 0 Å². The summed E-state index contributed by atoms with van der Waals surface area (Å²) in [6, 6.07) is 0. The molecule has 0 atom stereocenters. The van der Waals surface area contributed by atoms with Gasteiger partial charge in [-0.1, -0.05) is 0 Å². The van der Waals surface area contributed by atoms with Crippen LogP contribution in [0.2, 0.25) is 0 Å². The number of unbranched alkanes of at least 4 members (excludes halogenated alkanes) is 1. The molecule has 0 aliphatic rings. The molecule has 0 heterocycles. The summed E-state index contributed by atoms with van der Waals surface area (Å²) in [6.45, 7) is 2.07. The molecule has 0 fully saturated rings. The maximum atomic E-state index is 10.1. The molecule has 0 unspecified atom stereocenters. The third-order valence-electron chi connectivity index (χ3n) is 0.727. The van der Waals surface area contributed by atoms with Crippen LogP contribution in [0.1, 0.15) is 26.2 Å². The zero-order valence-electron chi connectivity index (χ0n) is 4.41. The predicted octanol–water partition coefficient (Wildman–Crippen LogP) is 1.25. The van der Waals surface area contributed by atoms with E-state index in [0.717, 1.165) is 12.8 Å². The van der Waals surface area contributed by atoms with E-state index in [1.165, 1.54) is 0 Å². The number of hydrogen-bond donors (Lipinski definition) is 0. The fourth-order valence-corrected chi connectivity index (χ4v) is 0.524. The van der Waals surface area contributed by atoms with Crippen molar-refractivity contribution in [3.8, 4) is 0 Å². The van der Waals surface area contributed by atoms with Crippen LogP contribution in [-0.4, -0.2) is 4.68 Å². The minimum atomic E-state index is 0.120. The SMILES string of the molecule is CCCC[C](=O)[Mn]. The minimum absolute atomic E-state index is 0.120. The Labute approximate surface area is 52.3 Å². The van der Waals surface area contributed by atoms with E-state index in [2.05, 4.69) is 22.9 Å². The van der Waals surface area contributed by atoms with Crippen molar-refractivity contribution in [1.29, 1.82) is 0 Å². The Morgan fingerprint density at radius 1 is 1.71 bits per heavy atom. The Morgan fingerprint density at radius 2 is 2.29 bits per heavy atom. The molecular formula is C5H9MnO. The van der Waals surface area contributed by atoms with Crippen LogP contribution in [0.25, 0.3) is 0 Å². The summed E-state index contributed by atoms with van der Waals surface area (Å²) < 4.78 is 0.120. The number of hydrogen-bond acceptors (Lipinski definition) is 1. The Kier molecular flexibility index (Phi) is 4.47. The average Bonchev–Trinajstić information content (AvgIpc) is 1.61. The van der Waals surface area contributed by atoms with E-state index in [4.69, 9.17) is 0 Å². The van der Waals surface area contributed by atoms with Gasteiger partial charge in [-0.2, -0.15) is 0 Å². The van der Waals surface area contributed by atoms with Gasteiger partial charge in [0, 0.05) is 0 Å². The van der Waals surface area contributed by atoms with Crippen molar-refractivity contribution in [3.63, 3.8) is 0 Å². The molecule has 0 aliphatic carbocycles. The van der Waals surface area contributed by atoms with E-state index in [9.17, 15) is 4.79 Å². The molecule has 0 rings (SSSR count). The van der Waals surface area contributed by atoms with Gasteiger partial charge in [0.25, 0.3) is 0 Å². The average molecular weight is 140 g/mol. The molecule has 2 heteroatoms. The normalized spacial score (nSPS) is 8.86. The van der Waals surface area contributed by atoms with E-state index in [-0.39, 0.29) is 4.68 Å². The van der Waals surface area contributed by atoms with Gasteiger partial charge in [0.2, 0.25) is 0 Å². The molecule has 7 heavy (non-hydrogen) atoms. The van der Waals surface area contributed by atoms with Crippen molar-refractivity contribution in [3.05, 3.63) is 0 Å². The monoisotopic (exact) mass is 140 g/mol. The molecule has 0 saturated carbocycles. The standard InChI is InChI=1S/C5H9O.Mn/c1-2-3-4-5-6;/h2-4H2,1H3;. The van der Waals surface area contributed by atoms with Crippen LogP contribution < -0.4 is 0 Å². The van der Waals surface area contributed by atoms with E-state index >= 15 is 0 Å². The molecule has 0 saturated heterocycles. The second kappa shape index (κ2) is 4.35. The second-order valence-corrected chi connectivity index (χ2v) is 2.12. The number of carbonyl (C=O) groups excluding carboxylic acids is 1. The van der Waals surface area contributed by atoms with E-state index < -0.39 is 0 Å². The Hall–Kier alpha value is 0.189. The maximum absolute atomic E-state index is 10.1. The van der Waals surface area contributed by atoms with Gasteiger partial charge in [-0.3, -0.25) is 0 Å². The van der Waals surface area contributed by atoms with Gasteiger partial charge in [-0.15, -0.1) is 0 Å². The van der Waals surface area contributed by atoms with Crippen LogP contribution in [0.15, 0.2) is 0 Å². The molecule has 0 aromatic heterocycles. The summed E-state index contributed by atoms with van der Waals surface area (Å²) in [7, 11) is 0. The van der Waals surface area contributed by atoms with Gasteiger partial charge in [0.05, 0.1) is 0 Å². The molecule has 1 nitrogen and oxygen atoms in total. The molecule has 0 spiro atoms. The van der Waals surface area contributed by atoms with Crippen molar-refractivity contribution in [2.24, 2.45) is 0 Å². The van der Waals surface area contributed by atoms with Crippen LogP contribution in [0, 0.1) is 0 Å². The topological polar surface area (TPSA) is 17.1 Å². The molecule has 0 N–H and O–H groups in total. The van der Waals surface area contributed by atoms with Gasteiger partial charge < -0.3 is 0 Å². The zero-order valence-corrected chi connectivity index (χ0v) is 5.59. The van der Waals surface area contributed by atoms with E-state index in [1.807, 2.05) is 0 Å².